The maximum Gasteiger partial charge on any atom is 0.335 e. The second-order valence-corrected chi connectivity index (χ2v) is 21.3. The molecular weight excluding hydrogens is 1020 g/mol. The van der Waals surface area contributed by atoms with Gasteiger partial charge in [0.05, 0.1) is 6.61 Å². The molecule has 3 N–H and O–H groups in total. The molecule has 12 heteroatoms. The molecule has 0 saturated carbocycles. The van der Waals surface area contributed by atoms with Crippen molar-refractivity contribution in [1.82, 2.24) is 0 Å². The minimum Gasteiger partial charge on any atom is -0.479 e. The molecule has 1 heterocycles. The normalized spacial score (nSPS) is 18.5. The molecule has 6 unspecified atom stereocenters. The van der Waals surface area contributed by atoms with Gasteiger partial charge in [-0.15, -0.1) is 0 Å². The molecule has 0 aromatic carbocycles. The van der Waals surface area contributed by atoms with Gasteiger partial charge in [-0.2, -0.15) is 0 Å². The summed E-state index contributed by atoms with van der Waals surface area (Å²) in [6, 6.07) is 0. The zero-order chi connectivity index (χ0) is 58.9. The van der Waals surface area contributed by atoms with E-state index in [1.165, 1.54) is 19.3 Å². The molecule has 0 amide bonds. The monoisotopic (exact) mass is 1130 g/mol. The molecule has 0 bridgehead atoms. The van der Waals surface area contributed by atoms with Crippen LogP contribution < -0.4 is 0 Å². The molecule has 12 nitrogen and oxygen atoms in total. The van der Waals surface area contributed by atoms with Crippen molar-refractivity contribution in [2.75, 3.05) is 13.2 Å². The van der Waals surface area contributed by atoms with Gasteiger partial charge in [0, 0.05) is 19.3 Å². The van der Waals surface area contributed by atoms with Crippen LogP contribution >= 0.6 is 0 Å². The lowest BCUT2D eigenvalue weighted by Crippen LogP contribution is -2.61. The summed E-state index contributed by atoms with van der Waals surface area (Å²) in [6.45, 7) is 5.77. The second-order valence-electron chi connectivity index (χ2n) is 21.3. The second kappa shape index (κ2) is 55.9. The molecule has 1 aliphatic heterocycles. The van der Waals surface area contributed by atoms with Crippen LogP contribution in [-0.4, -0.2) is 89.2 Å². The van der Waals surface area contributed by atoms with Gasteiger partial charge in [0.25, 0.3) is 0 Å². The standard InChI is InChI=1S/C69H112O12/c1-4-7-10-13-16-19-22-25-27-29-31-33-35-38-40-43-46-49-52-55-61(70)77-58-60(79-62(71)56-53-50-47-44-41-37-24-21-18-15-12-9-6-3)59-78-69-67(65(74)64(73)66(81-69)68(75)76)80-63(72)57-54-51-48-45-42-39-36-34-32-30-28-26-23-20-17-14-11-8-5-2/h7,10,12,15-17,19-21,24-28,31-34,60,64-67,69,73-74H,4-6,8-9,11,13-14,18,22-23,29-30,35-59H2,1-3H3,(H,75,76)/b10-7-,15-12-,19-16-,20-17-,24-21-,27-25-,28-26-,33-31-,34-32-. The molecule has 0 spiro atoms. The number of hydrogen-bond acceptors (Lipinski definition) is 11. The Morgan fingerprint density at radius 3 is 1.23 bits per heavy atom. The molecule has 0 aliphatic carbocycles. The minimum atomic E-state index is -1.92. The van der Waals surface area contributed by atoms with Gasteiger partial charge < -0.3 is 39.0 Å². The number of aliphatic hydroxyl groups is 2. The van der Waals surface area contributed by atoms with Gasteiger partial charge >= 0.3 is 23.9 Å². The Morgan fingerprint density at radius 1 is 0.420 bits per heavy atom. The zero-order valence-corrected chi connectivity index (χ0v) is 50.7. The highest BCUT2D eigenvalue weighted by atomic mass is 16.7. The van der Waals surface area contributed by atoms with Gasteiger partial charge in [0.2, 0.25) is 0 Å². The van der Waals surface area contributed by atoms with Crippen molar-refractivity contribution in [2.24, 2.45) is 0 Å². The highest BCUT2D eigenvalue weighted by molar-refractivity contribution is 5.74. The van der Waals surface area contributed by atoms with E-state index in [4.69, 9.17) is 23.7 Å². The van der Waals surface area contributed by atoms with Crippen molar-refractivity contribution >= 4 is 23.9 Å². The summed E-state index contributed by atoms with van der Waals surface area (Å²) in [7, 11) is 0. The van der Waals surface area contributed by atoms with Gasteiger partial charge in [-0.05, 0) is 122 Å². The SMILES string of the molecule is CC/C=C\C/C=C\C/C=C\C/C=C\CCCCCCCCC(=O)OCC(COC1OC(C(=O)O)C(O)C(O)C1OC(=O)CCCCCCCC/C=C\C/C=C\C/C=C\CCCCC)OC(=O)CCCCCCC/C=C\C/C=C\CCC. The number of ether oxygens (including phenoxy) is 5. The number of carbonyl (C=O) groups is 4. The fourth-order valence-electron chi connectivity index (χ4n) is 8.93. The molecule has 0 radical (unpaired) electrons. The van der Waals surface area contributed by atoms with Crippen LogP contribution in [0, 0.1) is 0 Å². The van der Waals surface area contributed by atoms with E-state index in [1.807, 2.05) is 0 Å². The number of carboxylic acid groups (broad SMARTS) is 1. The average molecular weight is 1130 g/mol. The van der Waals surface area contributed by atoms with E-state index in [9.17, 15) is 34.5 Å². The first kappa shape index (κ1) is 74.4. The van der Waals surface area contributed by atoms with E-state index in [2.05, 4.69) is 130 Å². The molecule has 1 fully saturated rings. The van der Waals surface area contributed by atoms with Crippen LogP contribution in [0.2, 0.25) is 0 Å². The average Bonchev–Trinajstić information content (AvgIpc) is 3.45. The number of carbonyl (C=O) groups excluding carboxylic acids is 3. The number of hydrogen-bond donors (Lipinski definition) is 3. The summed E-state index contributed by atoms with van der Waals surface area (Å²) in [4.78, 5) is 51.3. The quantitative estimate of drug-likeness (QED) is 0.0228. The largest absolute Gasteiger partial charge is 0.479 e. The van der Waals surface area contributed by atoms with Gasteiger partial charge in [-0.25, -0.2) is 4.79 Å². The number of esters is 3. The number of allylic oxidation sites excluding steroid dienone is 18. The van der Waals surface area contributed by atoms with Gasteiger partial charge in [0.15, 0.2) is 24.6 Å². The van der Waals surface area contributed by atoms with Gasteiger partial charge in [-0.1, -0.05) is 220 Å². The summed E-state index contributed by atoms with van der Waals surface area (Å²) >= 11 is 0. The van der Waals surface area contributed by atoms with Gasteiger partial charge in [-0.3, -0.25) is 14.4 Å². The van der Waals surface area contributed by atoms with Crippen molar-refractivity contribution in [3.8, 4) is 0 Å². The van der Waals surface area contributed by atoms with E-state index in [0.717, 1.165) is 173 Å². The molecule has 0 aromatic rings. The lowest BCUT2D eigenvalue weighted by molar-refractivity contribution is -0.301. The van der Waals surface area contributed by atoms with E-state index in [0.29, 0.717) is 19.3 Å². The lowest BCUT2D eigenvalue weighted by Gasteiger charge is -2.40. The van der Waals surface area contributed by atoms with Crippen molar-refractivity contribution < 1.29 is 58.2 Å². The third kappa shape index (κ3) is 45.6. The molecule has 0 aromatic heterocycles. The van der Waals surface area contributed by atoms with Crippen LogP contribution in [0.15, 0.2) is 109 Å². The smallest absolute Gasteiger partial charge is 0.335 e. The number of carboxylic acids is 1. The summed E-state index contributed by atoms with van der Waals surface area (Å²) in [5, 5.41) is 31.6. The Labute approximate surface area is 491 Å². The fourth-order valence-corrected chi connectivity index (χ4v) is 8.93. The Kier molecular flexibility index (Phi) is 51.3. The first-order valence-corrected chi connectivity index (χ1v) is 31.9. The van der Waals surface area contributed by atoms with E-state index < -0.39 is 67.3 Å². The van der Waals surface area contributed by atoms with Crippen LogP contribution in [-0.2, 0) is 42.9 Å². The third-order valence-corrected chi connectivity index (χ3v) is 13.8. The first-order valence-electron chi connectivity index (χ1n) is 31.9. The highest BCUT2D eigenvalue weighted by Crippen LogP contribution is 2.26. The number of aliphatic carboxylic acids is 1. The maximum atomic E-state index is 13.2. The highest BCUT2D eigenvalue weighted by Gasteiger charge is 2.50. The molecule has 1 aliphatic rings. The predicted octanol–water partition coefficient (Wildman–Crippen LogP) is 17.0. The number of unbranched alkanes of at least 4 members (excludes halogenated alkanes) is 21. The molecule has 1 rings (SSSR count). The van der Waals surface area contributed by atoms with E-state index in [-0.39, 0.29) is 25.9 Å². The van der Waals surface area contributed by atoms with Crippen molar-refractivity contribution in [1.29, 1.82) is 0 Å². The molecule has 6 atom stereocenters. The van der Waals surface area contributed by atoms with Crippen molar-refractivity contribution in [2.45, 2.75) is 289 Å². The van der Waals surface area contributed by atoms with Gasteiger partial charge in [0.1, 0.15) is 18.8 Å². The summed E-state index contributed by atoms with van der Waals surface area (Å²) in [5.41, 5.74) is 0. The van der Waals surface area contributed by atoms with Crippen molar-refractivity contribution in [3.63, 3.8) is 0 Å². The Hall–Kier alpha value is -4.62. The Morgan fingerprint density at radius 2 is 0.802 bits per heavy atom. The topological polar surface area (TPSA) is 175 Å². The zero-order valence-electron chi connectivity index (χ0n) is 50.7. The first-order chi connectivity index (χ1) is 39.6. The van der Waals surface area contributed by atoms with Crippen LogP contribution in [0.5, 0.6) is 0 Å². The van der Waals surface area contributed by atoms with Crippen LogP contribution in [0.4, 0.5) is 0 Å². The van der Waals surface area contributed by atoms with Crippen molar-refractivity contribution in [3.05, 3.63) is 109 Å². The number of aliphatic hydroxyl groups excluding tert-OH is 2. The molecule has 81 heavy (non-hydrogen) atoms. The Balaban J connectivity index is 2.67. The van der Waals surface area contributed by atoms with E-state index in [1.54, 1.807) is 0 Å². The van der Waals surface area contributed by atoms with Crippen LogP contribution in [0.1, 0.15) is 252 Å². The predicted molar refractivity (Wildman–Crippen MR) is 330 cm³/mol. The number of rotatable bonds is 53. The lowest BCUT2D eigenvalue weighted by atomic mass is 9.98. The summed E-state index contributed by atoms with van der Waals surface area (Å²) in [5.74, 6) is -3.18. The Bertz CT molecular complexity index is 1820. The fraction of sp³-hybridized carbons (Fsp3) is 0.681. The summed E-state index contributed by atoms with van der Waals surface area (Å²) < 4.78 is 28.5. The molecule has 460 valence electrons. The van der Waals surface area contributed by atoms with Crippen LogP contribution in [0.3, 0.4) is 0 Å². The van der Waals surface area contributed by atoms with E-state index >= 15 is 0 Å². The van der Waals surface area contributed by atoms with Crippen LogP contribution in [0.25, 0.3) is 0 Å². The minimum absolute atomic E-state index is 0.0379. The molecular formula is C69H112O12. The maximum absolute atomic E-state index is 13.2. The molecule has 1 saturated heterocycles. The summed E-state index contributed by atoms with van der Waals surface area (Å²) in [6.07, 6.45) is 63.3. The third-order valence-electron chi connectivity index (χ3n) is 13.8.